The minimum absolute atomic E-state index is 0.0187. The molecule has 0 atom stereocenters. The van der Waals surface area contributed by atoms with Crippen LogP contribution in [-0.4, -0.2) is 49.0 Å². The van der Waals surface area contributed by atoms with Crippen molar-refractivity contribution in [3.8, 4) is 11.5 Å². The maximum atomic E-state index is 12.8. The smallest absolute Gasteiger partial charge is 0.259 e. The van der Waals surface area contributed by atoms with Gasteiger partial charge in [-0.2, -0.15) is 4.98 Å². The lowest BCUT2D eigenvalue weighted by molar-refractivity contribution is 0.0644. The van der Waals surface area contributed by atoms with Gasteiger partial charge in [0.25, 0.3) is 11.8 Å². The molecule has 0 radical (unpaired) electrons. The number of nitrogens with zero attached hydrogens (tertiary/aromatic N) is 6. The fourth-order valence-corrected chi connectivity index (χ4v) is 4.17. The Morgan fingerprint density at radius 2 is 1.93 bits per heavy atom. The predicted octanol–water partition coefficient (Wildman–Crippen LogP) is 2.90. The molecule has 148 valence electrons. The van der Waals surface area contributed by atoms with Gasteiger partial charge >= 0.3 is 0 Å². The van der Waals surface area contributed by atoms with Gasteiger partial charge in [-0.1, -0.05) is 18.0 Å². The maximum absolute atomic E-state index is 12.8. The lowest BCUT2D eigenvalue weighted by Crippen LogP contribution is -2.46. The van der Waals surface area contributed by atoms with Gasteiger partial charge in [0.2, 0.25) is 0 Å². The van der Waals surface area contributed by atoms with E-state index in [0.29, 0.717) is 24.5 Å². The van der Waals surface area contributed by atoms with Crippen LogP contribution in [0, 0.1) is 5.92 Å². The molecule has 1 amide bonds. The second-order valence-corrected chi connectivity index (χ2v) is 8.01. The van der Waals surface area contributed by atoms with Gasteiger partial charge in [0.15, 0.2) is 5.82 Å². The van der Waals surface area contributed by atoms with E-state index in [0.717, 1.165) is 36.6 Å². The van der Waals surface area contributed by atoms with Crippen LogP contribution in [0.25, 0.3) is 11.5 Å². The quantitative estimate of drug-likeness (QED) is 0.660. The molecular weight excluding hydrogens is 368 g/mol. The largest absolute Gasteiger partial charge is 0.338 e. The number of likely N-dealkylation sites (tertiary alicyclic amines) is 1. The first-order chi connectivity index (χ1) is 14.2. The van der Waals surface area contributed by atoms with Crippen LogP contribution in [-0.2, 0) is 5.41 Å². The molecule has 1 saturated carbocycles. The van der Waals surface area contributed by atoms with Crippen molar-refractivity contribution < 1.29 is 9.32 Å². The molecule has 29 heavy (non-hydrogen) atoms. The molecule has 2 fully saturated rings. The summed E-state index contributed by atoms with van der Waals surface area (Å²) in [6.07, 6.45) is 13.3. The third-order valence-corrected chi connectivity index (χ3v) is 6.00. The molecule has 0 unspecified atom stereocenters. The van der Waals surface area contributed by atoms with Gasteiger partial charge < -0.3 is 9.42 Å². The van der Waals surface area contributed by atoms with Crippen molar-refractivity contribution in [1.29, 1.82) is 0 Å². The molecule has 3 aromatic heterocycles. The summed E-state index contributed by atoms with van der Waals surface area (Å²) in [4.78, 5) is 31.4. The molecule has 0 bridgehead atoms. The molecule has 8 heteroatoms. The molecule has 8 nitrogen and oxygen atoms in total. The van der Waals surface area contributed by atoms with Gasteiger partial charge in [0.1, 0.15) is 6.33 Å². The number of carbonyl (C=O) groups is 1. The molecule has 1 aliphatic heterocycles. The van der Waals surface area contributed by atoms with E-state index in [-0.39, 0.29) is 11.3 Å². The van der Waals surface area contributed by atoms with Crippen LogP contribution in [0.1, 0.15) is 48.3 Å². The first-order valence-electron chi connectivity index (χ1n) is 10.0. The van der Waals surface area contributed by atoms with E-state index >= 15 is 0 Å². The van der Waals surface area contributed by atoms with E-state index in [9.17, 15) is 4.79 Å². The number of amides is 1. The van der Waals surface area contributed by atoms with Gasteiger partial charge in [0.05, 0.1) is 11.1 Å². The summed E-state index contributed by atoms with van der Waals surface area (Å²) >= 11 is 0. The first-order valence-corrected chi connectivity index (χ1v) is 10.0. The maximum Gasteiger partial charge on any atom is 0.259 e. The highest BCUT2D eigenvalue weighted by atomic mass is 16.5. The van der Waals surface area contributed by atoms with Gasteiger partial charge in [-0.3, -0.25) is 9.78 Å². The molecule has 3 aromatic rings. The Bertz CT molecular complexity index is 979. The van der Waals surface area contributed by atoms with Crippen LogP contribution in [0.5, 0.6) is 0 Å². The average molecular weight is 390 g/mol. The third-order valence-electron chi connectivity index (χ3n) is 6.00. The van der Waals surface area contributed by atoms with E-state index in [2.05, 4.69) is 20.1 Å². The number of carbonyl (C=O) groups excluding carboxylic acids is 1. The van der Waals surface area contributed by atoms with E-state index in [1.54, 1.807) is 24.8 Å². The number of pyridine rings is 1. The fraction of sp³-hybridized carbons (Fsp3) is 0.429. The number of rotatable bonds is 5. The summed E-state index contributed by atoms with van der Waals surface area (Å²) in [6, 6.07) is 3.78. The fourth-order valence-electron chi connectivity index (χ4n) is 4.17. The van der Waals surface area contributed by atoms with E-state index in [1.807, 2.05) is 17.0 Å². The SMILES string of the molecule is O=C(c1cncnc1)N1CCC(CC2CC2)(c2noc(-c3cccnc3)n2)CC1. The summed E-state index contributed by atoms with van der Waals surface area (Å²) in [5.41, 5.74) is 1.21. The monoisotopic (exact) mass is 390 g/mol. The van der Waals surface area contributed by atoms with Crippen LogP contribution in [0.4, 0.5) is 0 Å². The second-order valence-electron chi connectivity index (χ2n) is 8.01. The van der Waals surface area contributed by atoms with E-state index in [4.69, 9.17) is 9.51 Å². The highest BCUT2D eigenvalue weighted by molar-refractivity contribution is 5.93. The van der Waals surface area contributed by atoms with Crippen LogP contribution in [0.15, 0.2) is 47.8 Å². The van der Waals surface area contributed by atoms with Crippen molar-refractivity contribution in [3.05, 3.63) is 54.6 Å². The Kier molecular flexibility index (Phi) is 4.54. The van der Waals surface area contributed by atoms with Crippen LogP contribution in [0.3, 0.4) is 0 Å². The summed E-state index contributed by atoms with van der Waals surface area (Å²) in [5, 5.41) is 4.36. The van der Waals surface area contributed by atoms with Gasteiger partial charge in [-0.15, -0.1) is 0 Å². The Balaban J connectivity index is 1.36. The summed E-state index contributed by atoms with van der Waals surface area (Å²) in [6.45, 7) is 1.33. The zero-order valence-corrected chi connectivity index (χ0v) is 16.1. The van der Waals surface area contributed by atoms with Crippen LogP contribution in [0.2, 0.25) is 0 Å². The Morgan fingerprint density at radius 3 is 2.62 bits per heavy atom. The highest BCUT2D eigenvalue weighted by Gasteiger charge is 2.44. The normalized spacial score (nSPS) is 18.6. The van der Waals surface area contributed by atoms with Crippen LogP contribution >= 0.6 is 0 Å². The van der Waals surface area contributed by atoms with Crippen molar-refractivity contribution in [2.45, 2.75) is 37.5 Å². The average Bonchev–Trinajstić information content (AvgIpc) is 3.45. The number of piperidine rings is 1. The first kappa shape index (κ1) is 17.9. The summed E-state index contributed by atoms with van der Waals surface area (Å²) < 4.78 is 5.58. The Morgan fingerprint density at radius 1 is 1.14 bits per heavy atom. The van der Waals surface area contributed by atoms with Gasteiger partial charge in [-0.25, -0.2) is 9.97 Å². The van der Waals surface area contributed by atoms with Gasteiger partial charge in [-0.05, 0) is 37.3 Å². The molecule has 5 rings (SSSR count). The number of hydrogen-bond acceptors (Lipinski definition) is 7. The Labute approximate surface area is 168 Å². The number of aromatic nitrogens is 5. The van der Waals surface area contributed by atoms with Crippen molar-refractivity contribution in [2.24, 2.45) is 5.92 Å². The minimum atomic E-state index is -0.144. The van der Waals surface area contributed by atoms with E-state index in [1.165, 1.54) is 19.2 Å². The van der Waals surface area contributed by atoms with Crippen LogP contribution < -0.4 is 0 Å². The third kappa shape index (κ3) is 3.62. The van der Waals surface area contributed by atoms with Crippen molar-refractivity contribution in [2.75, 3.05) is 13.1 Å². The second kappa shape index (κ2) is 7.35. The number of hydrogen-bond donors (Lipinski definition) is 0. The zero-order valence-electron chi connectivity index (χ0n) is 16.1. The highest BCUT2D eigenvalue weighted by Crippen LogP contribution is 2.46. The van der Waals surface area contributed by atoms with Crippen molar-refractivity contribution >= 4 is 5.91 Å². The molecule has 2 aliphatic rings. The summed E-state index contributed by atoms with van der Waals surface area (Å²) in [5.74, 6) is 1.97. The molecular formula is C21H22N6O2. The topological polar surface area (TPSA) is 97.9 Å². The van der Waals surface area contributed by atoms with Crippen molar-refractivity contribution in [3.63, 3.8) is 0 Å². The lowest BCUT2D eigenvalue weighted by atomic mass is 9.73. The zero-order chi connectivity index (χ0) is 19.7. The molecule has 4 heterocycles. The minimum Gasteiger partial charge on any atom is -0.338 e. The molecule has 0 N–H and O–H groups in total. The lowest BCUT2D eigenvalue weighted by Gasteiger charge is -2.40. The standard InChI is InChI=1S/C21H22N6O2/c28-19(17-12-23-14-24-13-17)27-8-5-21(6-9-27,10-15-3-4-15)20-25-18(29-26-20)16-2-1-7-22-11-16/h1-2,7,11-15H,3-6,8-10H2. The summed E-state index contributed by atoms with van der Waals surface area (Å²) in [7, 11) is 0. The predicted molar refractivity (Wildman–Crippen MR) is 104 cm³/mol. The Hall–Kier alpha value is -3.16. The molecule has 1 aliphatic carbocycles. The molecule has 0 aromatic carbocycles. The van der Waals surface area contributed by atoms with Crippen molar-refractivity contribution in [1.82, 2.24) is 30.0 Å². The molecule has 0 spiro atoms. The molecule has 1 saturated heterocycles. The van der Waals surface area contributed by atoms with Gasteiger partial charge in [0, 0.05) is 43.3 Å². The van der Waals surface area contributed by atoms with E-state index < -0.39 is 0 Å².